The molecule has 0 N–H and O–H groups in total. The molecule has 0 aromatic heterocycles. The summed E-state index contributed by atoms with van der Waals surface area (Å²) in [6.07, 6.45) is -3.40. The molecule has 0 aliphatic heterocycles. The number of carbonyl (C=O) groups excluding carboxylic acids is 3. The van der Waals surface area contributed by atoms with E-state index in [0.717, 1.165) is 5.56 Å². The third-order valence-corrected chi connectivity index (χ3v) is 5.03. The lowest BCUT2D eigenvalue weighted by Gasteiger charge is -2.27. The van der Waals surface area contributed by atoms with Gasteiger partial charge in [0.25, 0.3) is 0 Å². The molecule has 0 saturated carbocycles. The SMILES string of the molecule is CC(C)(OC(=O)Oc1ccc(C(=O)OC(c2ccccc2)C(F)(F)C(=O)[O-])cc1)c1ccccc1. The molecule has 0 amide bonds. The zero-order valence-electron chi connectivity index (χ0n) is 18.8. The van der Waals surface area contributed by atoms with E-state index in [0.29, 0.717) is 0 Å². The van der Waals surface area contributed by atoms with Crippen molar-refractivity contribution in [2.45, 2.75) is 31.5 Å². The molecule has 0 heterocycles. The number of rotatable bonds is 8. The fraction of sp³-hybridized carbons (Fsp3) is 0.192. The highest BCUT2D eigenvalue weighted by molar-refractivity contribution is 5.90. The molecule has 0 bridgehead atoms. The van der Waals surface area contributed by atoms with Crippen LogP contribution in [0.2, 0.25) is 0 Å². The number of ether oxygens (including phenoxy) is 3. The first-order valence-corrected chi connectivity index (χ1v) is 10.4. The van der Waals surface area contributed by atoms with Crippen molar-refractivity contribution >= 4 is 18.1 Å². The molecule has 182 valence electrons. The van der Waals surface area contributed by atoms with Crippen LogP contribution >= 0.6 is 0 Å². The van der Waals surface area contributed by atoms with E-state index < -0.39 is 35.7 Å². The summed E-state index contributed by atoms with van der Waals surface area (Å²) in [6, 6.07) is 20.6. The summed E-state index contributed by atoms with van der Waals surface area (Å²) < 4.78 is 43.8. The van der Waals surface area contributed by atoms with Crippen LogP contribution in [-0.2, 0) is 19.9 Å². The van der Waals surface area contributed by atoms with Gasteiger partial charge in [-0.1, -0.05) is 60.7 Å². The van der Waals surface area contributed by atoms with Crippen LogP contribution in [0.5, 0.6) is 5.75 Å². The lowest BCUT2D eigenvalue weighted by molar-refractivity contribution is -0.336. The molecule has 3 aromatic rings. The van der Waals surface area contributed by atoms with E-state index in [1.165, 1.54) is 54.6 Å². The Morgan fingerprint density at radius 3 is 1.91 bits per heavy atom. The van der Waals surface area contributed by atoms with E-state index in [1.807, 2.05) is 6.07 Å². The predicted molar refractivity (Wildman–Crippen MR) is 118 cm³/mol. The Morgan fingerprint density at radius 2 is 1.37 bits per heavy atom. The van der Waals surface area contributed by atoms with Crippen molar-refractivity contribution in [2.24, 2.45) is 0 Å². The molecule has 3 aromatic carbocycles. The zero-order valence-corrected chi connectivity index (χ0v) is 18.8. The Labute approximate surface area is 199 Å². The topological polar surface area (TPSA) is 102 Å². The number of esters is 1. The Bertz CT molecular complexity index is 1180. The third-order valence-electron chi connectivity index (χ3n) is 5.03. The van der Waals surface area contributed by atoms with Crippen molar-refractivity contribution in [1.29, 1.82) is 0 Å². The predicted octanol–water partition coefficient (Wildman–Crippen LogP) is 4.42. The number of alkyl halides is 2. The summed E-state index contributed by atoms with van der Waals surface area (Å²) in [7, 11) is 0. The molecule has 7 nitrogen and oxygen atoms in total. The largest absolute Gasteiger partial charge is 0.544 e. The number of hydrogen-bond acceptors (Lipinski definition) is 7. The second kappa shape index (κ2) is 10.3. The summed E-state index contributed by atoms with van der Waals surface area (Å²) in [4.78, 5) is 35.7. The maximum absolute atomic E-state index is 14.2. The first-order valence-electron chi connectivity index (χ1n) is 10.4. The first kappa shape index (κ1) is 25.4. The Kier molecular flexibility index (Phi) is 7.49. The van der Waals surface area contributed by atoms with Crippen LogP contribution < -0.4 is 9.84 Å². The quantitative estimate of drug-likeness (QED) is 0.345. The lowest BCUT2D eigenvalue weighted by atomic mass is 9.98. The van der Waals surface area contributed by atoms with Crippen LogP contribution in [0.15, 0.2) is 84.9 Å². The molecule has 0 spiro atoms. The average molecular weight is 483 g/mol. The highest BCUT2D eigenvalue weighted by atomic mass is 19.3. The third kappa shape index (κ3) is 6.20. The van der Waals surface area contributed by atoms with Gasteiger partial charge in [-0.25, -0.2) is 9.59 Å². The monoisotopic (exact) mass is 483 g/mol. The van der Waals surface area contributed by atoms with Gasteiger partial charge in [-0.15, -0.1) is 0 Å². The maximum atomic E-state index is 14.2. The van der Waals surface area contributed by atoms with E-state index in [2.05, 4.69) is 0 Å². The summed E-state index contributed by atoms with van der Waals surface area (Å²) in [5.74, 6) is -8.34. The Balaban J connectivity index is 1.69. The summed E-state index contributed by atoms with van der Waals surface area (Å²) in [6.45, 7) is 3.38. The first-order chi connectivity index (χ1) is 16.5. The molecule has 0 aliphatic carbocycles. The van der Waals surface area contributed by atoms with Gasteiger partial charge in [0, 0.05) is 0 Å². The molecule has 3 rings (SSSR count). The average Bonchev–Trinajstić information content (AvgIpc) is 2.83. The van der Waals surface area contributed by atoms with Gasteiger partial charge in [0.15, 0.2) is 6.10 Å². The number of hydrogen-bond donors (Lipinski definition) is 0. The van der Waals surface area contributed by atoms with Gasteiger partial charge in [0.2, 0.25) is 0 Å². The van der Waals surface area contributed by atoms with Gasteiger partial charge in [-0.05, 0) is 49.2 Å². The summed E-state index contributed by atoms with van der Waals surface area (Å²) >= 11 is 0. The lowest BCUT2D eigenvalue weighted by Crippen LogP contribution is -2.47. The highest BCUT2D eigenvalue weighted by Gasteiger charge is 2.45. The fourth-order valence-electron chi connectivity index (χ4n) is 3.14. The van der Waals surface area contributed by atoms with Gasteiger partial charge in [-0.3, -0.25) is 0 Å². The second-order valence-corrected chi connectivity index (χ2v) is 7.96. The number of carbonyl (C=O) groups is 3. The van der Waals surface area contributed by atoms with Crippen molar-refractivity contribution in [3.63, 3.8) is 0 Å². The zero-order chi connectivity index (χ0) is 25.6. The minimum atomic E-state index is -4.48. The van der Waals surface area contributed by atoms with Crippen LogP contribution in [-0.4, -0.2) is 24.0 Å². The fourth-order valence-corrected chi connectivity index (χ4v) is 3.14. The molecule has 1 atom stereocenters. The van der Waals surface area contributed by atoms with Crippen molar-refractivity contribution in [1.82, 2.24) is 0 Å². The van der Waals surface area contributed by atoms with Crippen molar-refractivity contribution < 1.29 is 42.5 Å². The molecule has 35 heavy (non-hydrogen) atoms. The van der Waals surface area contributed by atoms with Gasteiger partial charge in [0.05, 0.1) is 5.56 Å². The molecule has 1 unspecified atom stereocenters. The van der Waals surface area contributed by atoms with E-state index in [1.54, 1.807) is 38.1 Å². The van der Waals surface area contributed by atoms with Gasteiger partial charge in [0.1, 0.15) is 17.3 Å². The Morgan fingerprint density at radius 1 is 0.829 bits per heavy atom. The van der Waals surface area contributed by atoms with Gasteiger partial charge < -0.3 is 24.1 Å². The number of aliphatic carboxylic acids is 1. The number of halogens is 2. The molecule has 0 radical (unpaired) electrons. The standard InChI is InChI=1S/C26H22F2O7/c1-25(2,19-11-7-4-8-12-19)35-24(32)33-20-15-13-18(14-16-20)22(29)34-21(26(27,28)23(30)31)17-9-5-3-6-10-17/h3-16,21H,1-2H3,(H,30,31)/p-1. The van der Waals surface area contributed by atoms with E-state index in [4.69, 9.17) is 14.2 Å². The van der Waals surface area contributed by atoms with Gasteiger partial charge in [-0.2, -0.15) is 8.78 Å². The number of carboxylic acids is 1. The summed E-state index contributed by atoms with van der Waals surface area (Å²) in [5.41, 5.74) is -0.626. The van der Waals surface area contributed by atoms with E-state index in [9.17, 15) is 28.3 Å². The van der Waals surface area contributed by atoms with Crippen LogP contribution in [0, 0.1) is 0 Å². The molecular weight excluding hydrogens is 462 g/mol. The normalized spacial score (nSPS) is 12.3. The highest BCUT2D eigenvalue weighted by Crippen LogP contribution is 2.35. The van der Waals surface area contributed by atoms with Crippen LogP contribution in [0.1, 0.15) is 41.4 Å². The minimum Gasteiger partial charge on any atom is -0.544 e. The van der Waals surface area contributed by atoms with Crippen LogP contribution in [0.25, 0.3) is 0 Å². The minimum absolute atomic E-state index is 0.0232. The van der Waals surface area contributed by atoms with Crippen molar-refractivity contribution in [3.05, 3.63) is 102 Å². The Hall–Kier alpha value is -4.27. The second-order valence-electron chi connectivity index (χ2n) is 7.96. The number of carboxylic acid groups (broad SMARTS) is 1. The van der Waals surface area contributed by atoms with E-state index in [-0.39, 0.29) is 16.9 Å². The molecular formula is C26H21F2O7-. The molecule has 0 aliphatic rings. The molecule has 0 fully saturated rings. The summed E-state index contributed by atoms with van der Waals surface area (Å²) in [5, 5.41) is 11.0. The van der Waals surface area contributed by atoms with Crippen LogP contribution in [0.3, 0.4) is 0 Å². The van der Waals surface area contributed by atoms with Crippen LogP contribution in [0.4, 0.5) is 13.6 Å². The number of benzene rings is 3. The van der Waals surface area contributed by atoms with Crippen molar-refractivity contribution in [3.8, 4) is 5.75 Å². The molecule has 9 heteroatoms. The van der Waals surface area contributed by atoms with Crippen molar-refractivity contribution in [2.75, 3.05) is 0 Å². The van der Waals surface area contributed by atoms with E-state index >= 15 is 0 Å². The molecule has 0 saturated heterocycles. The van der Waals surface area contributed by atoms with Gasteiger partial charge >= 0.3 is 18.0 Å². The maximum Gasteiger partial charge on any atom is 0.514 e. The smallest absolute Gasteiger partial charge is 0.514 e.